The van der Waals surface area contributed by atoms with Crippen LogP contribution in [0.15, 0.2) is 23.5 Å². The molecule has 3 aliphatic carbocycles. The number of allylic oxidation sites excluding steroid dienone is 3. The predicted molar refractivity (Wildman–Crippen MR) is 82.7 cm³/mol. The van der Waals surface area contributed by atoms with Crippen LogP contribution in [-0.4, -0.2) is 27.7 Å². The first-order valence-corrected chi connectivity index (χ1v) is 8.25. The molecule has 4 atom stereocenters. The minimum Gasteiger partial charge on any atom is -0.502 e. The second-order valence-electron chi connectivity index (χ2n) is 7.24. The van der Waals surface area contributed by atoms with Gasteiger partial charge in [-0.3, -0.25) is 9.59 Å². The average Bonchev–Trinajstić information content (AvgIpc) is 2.81. The van der Waals surface area contributed by atoms with E-state index in [4.69, 9.17) is 5.11 Å². The molecule has 3 saturated carbocycles. The van der Waals surface area contributed by atoms with Gasteiger partial charge in [0, 0.05) is 18.3 Å². The first-order chi connectivity index (χ1) is 10.8. The number of carbonyl (C=O) groups excluding carboxylic acids is 2. The van der Waals surface area contributed by atoms with Crippen molar-refractivity contribution < 1.29 is 24.6 Å². The summed E-state index contributed by atoms with van der Waals surface area (Å²) in [4.78, 5) is 35.2. The number of rotatable bonds is 2. The number of hydrogen-bond donors (Lipinski definition) is 2. The van der Waals surface area contributed by atoms with E-state index < -0.39 is 11.7 Å². The molecule has 3 fully saturated rings. The zero-order valence-corrected chi connectivity index (χ0v) is 13.2. The van der Waals surface area contributed by atoms with Crippen LogP contribution in [0.2, 0.25) is 0 Å². The molecule has 0 saturated heterocycles. The number of hydrogen-bond acceptors (Lipinski definition) is 4. The molecular weight excluding hydrogens is 296 g/mol. The van der Waals surface area contributed by atoms with Gasteiger partial charge in [-0.05, 0) is 55.1 Å². The van der Waals surface area contributed by atoms with E-state index in [0.29, 0.717) is 36.0 Å². The quantitative estimate of drug-likeness (QED) is 0.603. The van der Waals surface area contributed by atoms with Gasteiger partial charge in [0.15, 0.2) is 5.78 Å². The molecule has 4 unspecified atom stereocenters. The Balaban J connectivity index is 1.91. The first kappa shape index (κ1) is 16.0. The Labute approximate surface area is 135 Å². The molecule has 0 aromatic carbocycles. The molecule has 124 valence electrons. The summed E-state index contributed by atoms with van der Waals surface area (Å²) >= 11 is 0. The van der Waals surface area contributed by atoms with E-state index in [1.807, 2.05) is 0 Å². The Morgan fingerprint density at radius 2 is 1.91 bits per heavy atom. The summed E-state index contributed by atoms with van der Waals surface area (Å²) < 4.78 is 0. The van der Waals surface area contributed by atoms with Crippen molar-refractivity contribution in [3.8, 4) is 0 Å². The lowest BCUT2D eigenvalue weighted by atomic mass is 9.55. The summed E-state index contributed by atoms with van der Waals surface area (Å²) in [6.07, 6.45) is 6.93. The normalized spacial score (nSPS) is 39.3. The summed E-state index contributed by atoms with van der Waals surface area (Å²) in [6, 6.07) is 0. The Hall–Kier alpha value is -1.91. The molecule has 3 rings (SSSR count). The predicted octanol–water partition coefficient (Wildman–Crippen LogP) is 2.81. The van der Waals surface area contributed by atoms with Gasteiger partial charge in [-0.2, -0.15) is 0 Å². The SMILES string of the molecule is CC12CCC3C(=CC=C(O)C(=O)O)C(=O)CCC3C1CCC2=O. The number of carboxylic acids is 1. The van der Waals surface area contributed by atoms with Crippen LogP contribution in [0.4, 0.5) is 0 Å². The molecule has 0 aromatic heterocycles. The van der Waals surface area contributed by atoms with Crippen LogP contribution >= 0.6 is 0 Å². The van der Waals surface area contributed by atoms with Gasteiger partial charge in [0.2, 0.25) is 5.76 Å². The highest BCUT2D eigenvalue weighted by Crippen LogP contribution is 2.58. The van der Waals surface area contributed by atoms with Crippen LogP contribution in [0.1, 0.15) is 45.4 Å². The number of fused-ring (bicyclic) bond motifs is 3. The fraction of sp³-hybridized carbons (Fsp3) is 0.611. The minimum absolute atomic E-state index is 0.0358. The number of carboxylic acid groups (broad SMARTS) is 1. The van der Waals surface area contributed by atoms with E-state index in [-0.39, 0.29) is 17.1 Å². The van der Waals surface area contributed by atoms with Crippen LogP contribution in [0, 0.1) is 23.2 Å². The Morgan fingerprint density at radius 1 is 1.17 bits per heavy atom. The fourth-order valence-corrected chi connectivity index (χ4v) is 4.95. The molecule has 5 heteroatoms. The Bertz CT molecular complexity index is 629. The molecule has 23 heavy (non-hydrogen) atoms. The number of carbonyl (C=O) groups is 3. The van der Waals surface area contributed by atoms with E-state index in [0.717, 1.165) is 31.8 Å². The number of aliphatic hydroxyl groups is 1. The molecule has 5 nitrogen and oxygen atoms in total. The van der Waals surface area contributed by atoms with Gasteiger partial charge in [-0.25, -0.2) is 4.79 Å². The summed E-state index contributed by atoms with van der Waals surface area (Å²) in [7, 11) is 0. The van der Waals surface area contributed by atoms with Crippen molar-refractivity contribution in [2.24, 2.45) is 23.2 Å². The van der Waals surface area contributed by atoms with Gasteiger partial charge in [0.05, 0.1) is 0 Å². The fourth-order valence-electron chi connectivity index (χ4n) is 4.95. The smallest absolute Gasteiger partial charge is 0.370 e. The van der Waals surface area contributed by atoms with Crippen molar-refractivity contribution in [2.75, 3.05) is 0 Å². The van der Waals surface area contributed by atoms with Crippen molar-refractivity contribution in [2.45, 2.75) is 45.4 Å². The van der Waals surface area contributed by atoms with E-state index in [1.165, 1.54) is 6.08 Å². The van der Waals surface area contributed by atoms with Gasteiger partial charge in [0.1, 0.15) is 5.78 Å². The second-order valence-corrected chi connectivity index (χ2v) is 7.24. The lowest BCUT2D eigenvalue weighted by Gasteiger charge is -2.48. The van der Waals surface area contributed by atoms with Gasteiger partial charge in [-0.15, -0.1) is 0 Å². The molecule has 0 amide bonds. The van der Waals surface area contributed by atoms with Crippen molar-refractivity contribution in [3.63, 3.8) is 0 Å². The van der Waals surface area contributed by atoms with E-state index in [9.17, 15) is 19.5 Å². The van der Waals surface area contributed by atoms with Crippen LogP contribution < -0.4 is 0 Å². The maximum atomic E-state index is 12.3. The van der Waals surface area contributed by atoms with Crippen LogP contribution in [0.25, 0.3) is 0 Å². The average molecular weight is 318 g/mol. The van der Waals surface area contributed by atoms with E-state index >= 15 is 0 Å². The minimum atomic E-state index is -1.40. The van der Waals surface area contributed by atoms with Gasteiger partial charge in [0.25, 0.3) is 0 Å². The standard InChI is InChI=1S/C18H22O5/c1-18-9-8-10-11(13(18)4-7-16(18)21)2-5-14(19)12(10)3-6-15(20)17(22)23/h3,6,10-11,13,20H,2,4-5,7-9H2,1H3,(H,22,23). The molecule has 0 radical (unpaired) electrons. The van der Waals surface area contributed by atoms with Crippen molar-refractivity contribution >= 4 is 17.5 Å². The summed E-state index contributed by atoms with van der Waals surface area (Å²) in [5, 5.41) is 18.1. The van der Waals surface area contributed by atoms with Crippen molar-refractivity contribution in [1.29, 1.82) is 0 Å². The molecule has 0 aromatic rings. The maximum absolute atomic E-state index is 12.3. The van der Waals surface area contributed by atoms with Crippen LogP contribution in [-0.2, 0) is 14.4 Å². The lowest BCUT2D eigenvalue weighted by Crippen LogP contribution is -2.45. The van der Waals surface area contributed by atoms with Gasteiger partial charge >= 0.3 is 5.97 Å². The number of ketones is 2. The van der Waals surface area contributed by atoms with Crippen LogP contribution in [0.3, 0.4) is 0 Å². The topological polar surface area (TPSA) is 91.7 Å². The third-order valence-electron chi connectivity index (χ3n) is 6.21. The third-order valence-corrected chi connectivity index (χ3v) is 6.21. The molecule has 0 heterocycles. The third kappa shape index (κ3) is 2.52. The van der Waals surface area contributed by atoms with Crippen molar-refractivity contribution in [1.82, 2.24) is 0 Å². The van der Waals surface area contributed by atoms with Crippen LogP contribution in [0.5, 0.6) is 0 Å². The van der Waals surface area contributed by atoms with E-state index in [1.54, 1.807) is 0 Å². The summed E-state index contributed by atoms with van der Waals surface area (Å²) in [5.74, 6) is -1.06. The monoisotopic (exact) mass is 318 g/mol. The first-order valence-electron chi connectivity index (χ1n) is 8.25. The molecular formula is C18H22O5. The number of aliphatic hydroxyl groups excluding tert-OH is 1. The van der Waals surface area contributed by atoms with Gasteiger partial charge in [-0.1, -0.05) is 13.0 Å². The summed E-state index contributed by atoms with van der Waals surface area (Å²) in [6.45, 7) is 2.07. The summed E-state index contributed by atoms with van der Waals surface area (Å²) in [5.41, 5.74) is 0.376. The molecule has 0 spiro atoms. The lowest BCUT2D eigenvalue weighted by molar-refractivity contribution is -0.135. The molecule has 0 bridgehead atoms. The number of aliphatic carboxylic acids is 1. The molecule has 0 aliphatic heterocycles. The maximum Gasteiger partial charge on any atom is 0.370 e. The number of Topliss-reactive ketones (excluding diaryl/α,β-unsaturated/α-hetero) is 2. The largest absolute Gasteiger partial charge is 0.502 e. The molecule has 3 aliphatic rings. The molecule has 2 N–H and O–H groups in total. The Morgan fingerprint density at radius 3 is 2.61 bits per heavy atom. The van der Waals surface area contributed by atoms with Crippen molar-refractivity contribution in [3.05, 3.63) is 23.5 Å². The highest BCUT2D eigenvalue weighted by atomic mass is 16.4. The highest BCUT2D eigenvalue weighted by molar-refractivity contribution is 5.97. The zero-order chi connectivity index (χ0) is 16.8. The Kier molecular flexibility index (Phi) is 3.90. The second kappa shape index (κ2) is 5.62. The zero-order valence-electron chi connectivity index (χ0n) is 13.2. The van der Waals surface area contributed by atoms with Gasteiger partial charge < -0.3 is 10.2 Å². The highest BCUT2D eigenvalue weighted by Gasteiger charge is 2.55. The van der Waals surface area contributed by atoms with E-state index in [2.05, 4.69) is 6.92 Å².